The number of benzene rings is 1. The molecule has 0 amide bonds. The first-order valence-electron chi connectivity index (χ1n) is 10.8. The van der Waals surface area contributed by atoms with Crippen LogP contribution in [0.1, 0.15) is 90.4 Å². The van der Waals surface area contributed by atoms with Gasteiger partial charge in [-0.2, -0.15) is 0 Å². The van der Waals surface area contributed by atoms with Crippen LogP contribution in [0.4, 0.5) is 0 Å². The van der Waals surface area contributed by atoms with E-state index in [0.29, 0.717) is 12.2 Å². The van der Waals surface area contributed by atoms with Crippen LogP contribution < -0.4 is 4.74 Å². The second-order valence-electron chi connectivity index (χ2n) is 7.30. The molecule has 0 aromatic heterocycles. The van der Waals surface area contributed by atoms with Crippen molar-refractivity contribution in [3.05, 3.63) is 42.5 Å². The molecule has 0 radical (unpaired) electrons. The maximum absolute atomic E-state index is 11.7. The van der Waals surface area contributed by atoms with E-state index in [9.17, 15) is 9.90 Å². The van der Waals surface area contributed by atoms with Crippen LogP contribution in [-0.4, -0.2) is 54.9 Å². The van der Waals surface area contributed by atoms with Gasteiger partial charge in [-0.15, -0.1) is 0 Å². The topological polar surface area (TPSA) is 46.5 Å². The van der Waals surface area contributed by atoms with Gasteiger partial charge in [-0.1, -0.05) is 82.2 Å². The summed E-state index contributed by atoms with van der Waals surface area (Å²) in [5, 5.41) is 9.90. The minimum absolute atomic E-state index is 0. The van der Waals surface area contributed by atoms with Crippen LogP contribution in [0.3, 0.4) is 0 Å². The number of carbonyl (C=O) groups excluding carboxylic acids is 1. The Morgan fingerprint density at radius 1 is 0.964 bits per heavy atom. The van der Waals surface area contributed by atoms with E-state index < -0.39 is 0 Å². The third kappa shape index (κ3) is 16.6. The Morgan fingerprint density at radius 3 is 2.39 bits per heavy atom. The molecule has 0 saturated carbocycles. The van der Waals surface area contributed by atoms with E-state index in [1.807, 2.05) is 18.2 Å². The van der Waals surface area contributed by atoms with E-state index in [-0.39, 0.29) is 49.8 Å². The van der Waals surface area contributed by atoms with Crippen LogP contribution in [-0.2, 0) is 4.79 Å². The van der Waals surface area contributed by atoms with Crippen molar-refractivity contribution in [1.29, 1.82) is 0 Å². The van der Waals surface area contributed by atoms with Crippen molar-refractivity contribution in [1.82, 2.24) is 0 Å². The van der Waals surface area contributed by atoms with Crippen molar-refractivity contribution in [3.63, 3.8) is 0 Å². The van der Waals surface area contributed by atoms with E-state index in [4.69, 9.17) is 4.74 Å². The van der Waals surface area contributed by atoms with Gasteiger partial charge in [-0.05, 0) is 44.2 Å². The molecule has 0 saturated heterocycles. The number of aliphatic hydroxyl groups excluding tert-OH is 1. The molecule has 0 aliphatic heterocycles. The molecule has 4 heteroatoms. The second-order valence-corrected chi connectivity index (χ2v) is 7.30. The Kier molecular flexibility index (Phi) is 19.7. The summed E-state index contributed by atoms with van der Waals surface area (Å²) in [6, 6.07) is 9.24. The van der Waals surface area contributed by atoms with Crippen LogP contribution in [0.15, 0.2) is 42.5 Å². The number of esters is 1. The van der Waals surface area contributed by atoms with Crippen molar-refractivity contribution in [2.75, 3.05) is 0 Å². The molecule has 0 spiro atoms. The van der Waals surface area contributed by atoms with Gasteiger partial charge < -0.3 is 9.84 Å². The van der Waals surface area contributed by atoms with Crippen molar-refractivity contribution < 1.29 is 14.6 Å². The fourth-order valence-corrected chi connectivity index (χ4v) is 3.03. The number of hydrogen-bond donors (Lipinski definition) is 1. The van der Waals surface area contributed by atoms with Gasteiger partial charge in [0.2, 0.25) is 0 Å². The number of unbranched alkanes of at least 4 members (excludes halogenated alkanes) is 8. The third-order valence-electron chi connectivity index (χ3n) is 4.69. The molecule has 0 fully saturated rings. The number of ether oxygens (including phenoxy) is 1. The predicted molar refractivity (Wildman–Crippen MR) is 121 cm³/mol. The second kappa shape index (κ2) is 19.9. The standard InChI is InChI=1S/C24H38O3.Ca.2H/c1-2-3-4-12-17-22(25)18-13-9-7-5-6-8-10-16-21-24(26)27-23-19-14-11-15-20-23;;;/h9,11,13-15,19-20,22,25H,2-8,10,12,16-18,21H2,1H3;;;/b13-9-;;;/t22-;;;/m1.../s1. The SMILES string of the molecule is CCCCCC[C@@H](O)C/C=C\CCCCCCCC(=O)Oc1ccccc1.[CaH2]. The zero-order valence-corrected chi connectivity index (χ0v) is 17.1. The van der Waals surface area contributed by atoms with E-state index in [0.717, 1.165) is 44.9 Å². The summed E-state index contributed by atoms with van der Waals surface area (Å²) in [5.41, 5.74) is 0. The van der Waals surface area contributed by atoms with Crippen LogP contribution in [0.2, 0.25) is 0 Å². The van der Waals surface area contributed by atoms with Gasteiger partial charge in [0.25, 0.3) is 0 Å². The summed E-state index contributed by atoms with van der Waals surface area (Å²) < 4.78 is 5.27. The third-order valence-corrected chi connectivity index (χ3v) is 4.69. The molecule has 1 aromatic carbocycles. The number of carbonyl (C=O) groups is 1. The van der Waals surface area contributed by atoms with E-state index in [1.165, 1.54) is 32.1 Å². The summed E-state index contributed by atoms with van der Waals surface area (Å²) in [6.45, 7) is 2.21. The first kappa shape index (κ1) is 27.6. The van der Waals surface area contributed by atoms with Gasteiger partial charge in [-0.3, -0.25) is 4.79 Å². The van der Waals surface area contributed by atoms with Gasteiger partial charge >= 0.3 is 43.7 Å². The summed E-state index contributed by atoms with van der Waals surface area (Å²) in [4.78, 5) is 11.7. The molecule has 0 aliphatic carbocycles. The van der Waals surface area contributed by atoms with Gasteiger partial charge in [0.15, 0.2) is 0 Å². The Bertz CT molecular complexity index is 502. The number of aliphatic hydroxyl groups is 1. The van der Waals surface area contributed by atoms with Crippen LogP contribution in [0.5, 0.6) is 5.75 Å². The average Bonchev–Trinajstić information content (AvgIpc) is 2.67. The fourth-order valence-electron chi connectivity index (χ4n) is 3.03. The molecule has 1 atom stereocenters. The van der Waals surface area contributed by atoms with Gasteiger partial charge in [-0.25, -0.2) is 0 Å². The molecule has 156 valence electrons. The first-order chi connectivity index (χ1) is 13.2. The van der Waals surface area contributed by atoms with E-state index in [2.05, 4.69) is 19.1 Å². The Labute approximate surface area is 201 Å². The van der Waals surface area contributed by atoms with Crippen molar-refractivity contribution in [2.45, 2.75) is 96.5 Å². The molecular weight excluding hydrogens is 376 g/mol. The van der Waals surface area contributed by atoms with Crippen molar-refractivity contribution in [3.8, 4) is 5.75 Å². The summed E-state index contributed by atoms with van der Waals surface area (Å²) >= 11 is 0. The molecule has 28 heavy (non-hydrogen) atoms. The molecule has 3 nitrogen and oxygen atoms in total. The molecule has 0 heterocycles. The first-order valence-corrected chi connectivity index (χ1v) is 10.8. The van der Waals surface area contributed by atoms with Crippen molar-refractivity contribution >= 4 is 43.7 Å². The Balaban J connectivity index is 0.00000729. The molecule has 1 rings (SSSR count). The zero-order valence-electron chi connectivity index (χ0n) is 17.1. The summed E-state index contributed by atoms with van der Waals surface area (Å²) in [5.74, 6) is 0.484. The molecular formula is C24H40CaO3. The van der Waals surface area contributed by atoms with Crippen LogP contribution in [0.25, 0.3) is 0 Å². The van der Waals surface area contributed by atoms with E-state index in [1.54, 1.807) is 12.1 Å². The fraction of sp³-hybridized carbons (Fsp3) is 0.625. The van der Waals surface area contributed by atoms with Crippen LogP contribution >= 0.6 is 0 Å². The Hall–Kier alpha value is -0.350. The molecule has 0 bridgehead atoms. The van der Waals surface area contributed by atoms with Gasteiger partial charge in [0.1, 0.15) is 5.75 Å². The molecule has 1 aromatic rings. The van der Waals surface area contributed by atoms with E-state index >= 15 is 0 Å². The van der Waals surface area contributed by atoms with Gasteiger partial charge in [0.05, 0.1) is 6.10 Å². The minimum atomic E-state index is -0.172. The number of hydrogen-bond acceptors (Lipinski definition) is 3. The zero-order chi connectivity index (χ0) is 19.6. The molecule has 0 unspecified atom stereocenters. The number of para-hydroxylation sites is 1. The molecule has 1 N–H and O–H groups in total. The maximum atomic E-state index is 11.7. The quantitative estimate of drug-likeness (QED) is 0.124. The predicted octanol–water partition coefficient (Wildman–Crippen LogP) is 5.68. The summed E-state index contributed by atoms with van der Waals surface area (Å²) in [7, 11) is 0. The molecule has 0 aliphatic rings. The van der Waals surface area contributed by atoms with Crippen LogP contribution in [0, 0.1) is 0 Å². The number of allylic oxidation sites excluding steroid dienone is 1. The van der Waals surface area contributed by atoms with Crippen molar-refractivity contribution in [2.24, 2.45) is 0 Å². The normalized spacial score (nSPS) is 11.9. The number of rotatable bonds is 16. The monoisotopic (exact) mass is 416 g/mol. The van der Waals surface area contributed by atoms with Gasteiger partial charge in [0, 0.05) is 6.42 Å². The summed E-state index contributed by atoms with van der Waals surface area (Å²) in [6.07, 6.45) is 17.8. The Morgan fingerprint density at radius 2 is 1.64 bits per heavy atom. The average molecular weight is 417 g/mol.